The van der Waals surface area contributed by atoms with Crippen molar-refractivity contribution in [1.29, 1.82) is 0 Å². The zero-order valence-corrected chi connectivity index (χ0v) is 13.0. The molecule has 1 N–H and O–H groups in total. The molecule has 1 heterocycles. The maximum absolute atomic E-state index is 13.6. The van der Waals surface area contributed by atoms with Gasteiger partial charge in [0.15, 0.2) is 0 Å². The summed E-state index contributed by atoms with van der Waals surface area (Å²) < 4.78 is 14.6. The molecule has 0 saturated carbocycles. The zero-order chi connectivity index (χ0) is 13.7. The van der Waals surface area contributed by atoms with Crippen LogP contribution in [-0.4, -0.2) is 38.1 Å². The van der Waals surface area contributed by atoms with Crippen molar-refractivity contribution < 1.29 is 4.39 Å². The quantitative estimate of drug-likeness (QED) is 0.893. The van der Waals surface area contributed by atoms with Crippen LogP contribution in [0.2, 0.25) is 0 Å². The first-order chi connectivity index (χ1) is 9.15. The van der Waals surface area contributed by atoms with Crippen LogP contribution in [0, 0.1) is 11.7 Å². The van der Waals surface area contributed by atoms with E-state index in [9.17, 15) is 4.39 Å². The summed E-state index contributed by atoms with van der Waals surface area (Å²) in [6.45, 7) is 4.31. The number of hydrogen-bond acceptors (Lipinski definition) is 2. The third kappa shape index (κ3) is 4.86. The Balaban J connectivity index is 1.79. The van der Waals surface area contributed by atoms with Gasteiger partial charge in [0.1, 0.15) is 5.82 Å². The summed E-state index contributed by atoms with van der Waals surface area (Å²) >= 11 is 3.40. The van der Waals surface area contributed by atoms with Crippen LogP contribution in [0.1, 0.15) is 18.4 Å². The minimum absolute atomic E-state index is 0.0986. The zero-order valence-electron chi connectivity index (χ0n) is 11.5. The molecule has 0 radical (unpaired) electrons. The fraction of sp³-hybridized carbons (Fsp3) is 0.600. The Morgan fingerprint density at radius 3 is 2.84 bits per heavy atom. The molecular formula is C15H22BrFN2. The Kier molecular flexibility index (Phi) is 5.79. The van der Waals surface area contributed by atoms with E-state index in [1.807, 2.05) is 6.07 Å². The van der Waals surface area contributed by atoms with E-state index in [0.29, 0.717) is 0 Å². The third-order valence-electron chi connectivity index (χ3n) is 3.80. The predicted octanol–water partition coefficient (Wildman–Crippen LogP) is 3.06. The molecule has 2 rings (SSSR count). The van der Waals surface area contributed by atoms with Gasteiger partial charge in [0.05, 0.1) is 0 Å². The normalized spacial score (nSPS) is 17.1. The second-order valence-corrected chi connectivity index (χ2v) is 6.36. The maximum Gasteiger partial charge on any atom is 0.126 e. The predicted molar refractivity (Wildman–Crippen MR) is 80.9 cm³/mol. The van der Waals surface area contributed by atoms with Crippen LogP contribution in [0.15, 0.2) is 22.7 Å². The van der Waals surface area contributed by atoms with Crippen molar-refractivity contribution in [2.24, 2.45) is 5.92 Å². The molecule has 1 aromatic rings. The molecule has 106 valence electrons. The van der Waals surface area contributed by atoms with E-state index in [-0.39, 0.29) is 5.82 Å². The molecule has 0 unspecified atom stereocenters. The van der Waals surface area contributed by atoms with Gasteiger partial charge < -0.3 is 10.2 Å². The van der Waals surface area contributed by atoms with Crippen molar-refractivity contribution in [1.82, 2.24) is 10.2 Å². The summed E-state index contributed by atoms with van der Waals surface area (Å²) in [4.78, 5) is 2.33. The largest absolute Gasteiger partial charge is 0.317 e. The van der Waals surface area contributed by atoms with Gasteiger partial charge in [0.25, 0.3) is 0 Å². The van der Waals surface area contributed by atoms with Crippen molar-refractivity contribution >= 4 is 15.9 Å². The van der Waals surface area contributed by atoms with Crippen molar-refractivity contribution in [3.05, 3.63) is 34.1 Å². The molecule has 2 nitrogen and oxygen atoms in total. The van der Waals surface area contributed by atoms with E-state index in [4.69, 9.17) is 0 Å². The molecule has 1 saturated heterocycles. The molecule has 4 heteroatoms. The van der Waals surface area contributed by atoms with E-state index in [1.165, 1.54) is 18.9 Å². The molecule has 1 fully saturated rings. The second kappa shape index (κ2) is 7.36. The summed E-state index contributed by atoms with van der Waals surface area (Å²) in [6, 6.07) is 5.16. The highest BCUT2D eigenvalue weighted by Gasteiger charge is 2.15. The molecule has 1 aliphatic heterocycles. The average Bonchev–Trinajstić information content (AvgIpc) is 2.41. The van der Waals surface area contributed by atoms with Crippen LogP contribution >= 0.6 is 15.9 Å². The van der Waals surface area contributed by atoms with Crippen molar-refractivity contribution in [3.8, 4) is 0 Å². The van der Waals surface area contributed by atoms with Crippen LogP contribution < -0.4 is 5.32 Å². The summed E-state index contributed by atoms with van der Waals surface area (Å²) in [5.74, 6) is 0.692. The Labute approximate surface area is 123 Å². The maximum atomic E-state index is 13.6. The van der Waals surface area contributed by atoms with Gasteiger partial charge in [-0.2, -0.15) is 0 Å². The SMILES string of the molecule is CN(CCc1cc(Br)ccc1F)CC1CCNCC1. The minimum Gasteiger partial charge on any atom is -0.317 e. The fourth-order valence-corrected chi connectivity index (χ4v) is 3.05. The lowest BCUT2D eigenvalue weighted by Gasteiger charge is -2.27. The first-order valence-corrected chi connectivity index (χ1v) is 7.77. The van der Waals surface area contributed by atoms with Gasteiger partial charge in [-0.25, -0.2) is 4.39 Å². The first kappa shape index (κ1) is 14.9. The van der Waals surface area contributed by atoms with Crippen molar-refractivity contribution in [3.63, 3.8) is 0 Å². The van der Waals surface area contributed by atoms with Crippen LogP contribution in [0.3, 0.4) is 0 Å². The minimum atomic E-state index is -0.0986. The molecule has 0 bridgehead atoms. The molecule has 0 spiro atoms. The highest BCUT2D eigenvalue weighted by atomic mass is 79.9. The van der Waals surface area contributed by atoms with Crippen LogP contribution in [0.5, 0.6) is 0 Å². The molecule has 1 aliphatic rings. The van der Waals surface area contributed by atoms with E-state index in [2.05, 4.69) is 33.2 Å². The second-order valence-electron chi connectivity index (χ2n) is 5.44. The number of likely N-dealkylation sites (N-methyl/N-ethyl adjacent to an activating group) is 1. The molecule has 1 aromatic carbocycles. The monoisotopic (exact) mass is 328 g/mol. The van der Waals surface area contributed by atoms with E-state index in [0.717, 1.165) is 48.6 Å². The lowest BCUT2D eigenvalue weighted by Crippen LogP contribution is -2.35. The fourth-order valence-electron chi connectivity index (χ4n) is 2.64. The van der Waals surface area contributed by atoms with E-state index >= 15 is 0 Å². The van der Waals surface area contributed by atoms with Gasteiger partial charge in [-0.3, -0.25) is 0 Å². The molecule has 0 atom stereocenters. The summed E-state index contributed by atoms with van der Waals surface area (Å²) in [5.41, 5.74) is 0.798. The Hall–Kier alpha value is -0.450. The lowest BCUT2D eigenvalue weighted by atomic mass is 9.97. The van der Waals surface area contributed by atoms with E-state index in [1.54, 1.807) is 6.07 Å². The topological polar surface area (TPSA) is 15.3 Å². The Morgan fingerprint density at radius 1 is 1.37 bits per heavy atom. The van der Waals surface area contributed by atoms with Gasteiger partial charge in [-0.15, -0.1) is 0 Å². The molecule has 0 aromatic heterocycles. The summed E-state index contributed by atoms with van der Waals surface area (Å²) in [7, 11) is 2.14. The highest BCUT2D eigenvalue weighted by Crippen LogP contribution is 2.17. The number of hydrogen-bond donors (Lipinski definition) is 1. The average molecular weight is 329 g/mol. The van der Waals surface area contributed by atoms with Crippen molar-refractivity contribution in [2.45, 2.75) is 19.3 Å². The van der Waals surface area contributed by atoms with Gasteiger partial charge in [0, 0.05) is 17.6 Å². The first-order valence-electron chi connectivity index (χ1n) is 6.98. The number of rotatable bonds is 5. The van der Waals surface area contributed by atoms with Crippen LogP contribution in [-0.2, 0) is 6.42 Å². The summed E-state index contributed by atoms with van der Waals surface area (Å²) in [5, 5.41) is 3.39. The molecular weight excluding hydrogens is 307 g/mol. The number of piperidine rings is 1. The molecule has 0 aliphatic carbocycles. The van der Waals surface area contributed by atoms with Gasteiger partial charge in [-0.05, 0) is 69.1 Å². The Morgan fingerprint density at radius 2 is 2.11 bits per heavy atom. The number of nitrogens with one attached hydrogen (secondary N) is 1. The van der Waals surface area contributed by atoms with Crippen molar-refractivity contribution in [2.75, 3.05) is 33.2 Å². The van der Waals surface area contributed by atoms with Gasteiger partial charge in [0.2, 0.25) is 0 Å². The number of halogens is 2. The van der Waals surface area contributed by atoms with Gasteiger partial charge >= 0.3 is 0 Å². The number of nitrogens with zero attached hydrogens (tertiary/aromatic N) is 1. The highest BCUT2D eigenvalue weighted by molar-refractivity contribution is 9.10. The van der Waals surface area contributed by atoms with E-state index < -0.39 is 0 Å². The van der Waals surface area contributed by atoms with Gasteiger partial charge in [-0.1, -0.05) is 15.9 Å². The molecule has 0 amide bonds. The summed E-state index contributed by atoms with van der Waals surface area (Å²) in [6.07, 6.45) is 3.29. The van der Waals surface area contributed by atoms with Crippen LogP contribution in [0.25, 0.3) is 0 Å². The lowest BCUT2D eigenvalue weighted by molar-refractivity contribution is 0.241. The standard InChI is InChI=1S/C15H22BrFN2/c1-19(11-12-4-7-18-8-5-12)9-6-13-10-14(16)2-3-15(13)17/h2-3,10,12,18H,4-9,11H2,1H3. The smallest absolute Gasteiger partial charge is 0.126 e. The Bertz CT molecular complexity index is 405. The van der Waals surface area contributed by atoms with Crippen LogP contribution in [0.4, 0.5) is 4.39 Å². The molecule has 19 heavy (non-hydrogen) atoms. The number of benzene rings is 1. The third-order valence-corrected chi connectivity index (χ3v) is 4.29.